The summed E-state index contributed by atoms with van der Waals surface area (Å²) in [5.74, 6) is 0. The van der Waals surface area contributed by atoms with Gasteiger partial charge in [-0.05, 0) is 18.2 Å². The number of hydrogen-bond acceptors (Lipinski definition) is 3. The molecule has 0 fully saturated rings. The number of benzene rings is 1. The summed E-state index contributed by atoms with van der Waals surface area (Å²) < 4.78 is 1.09. The fourth-order valence-electron chi connectivity index (χ4n) is 1.56. The fourth-order valence-corrected chi connectivity index (χ4v) is 3.02. The smallest absolute Gasteiger partial charge is 0.149 e. The van der Waals surface area contributed by atoms with Gasteiger partial charge in [-0.15, -0.1) is 11.3 Å². The number of hydrogen-bond donors (Lipinski definition) is 0. The van der Waals surface area contributed by atoms with E-state index in [4.69, 9.17) is 34.8 Å². The molecule has 0 unspecified atom stereocenters. The average molecular weight is 316 g/mol. The van der Waals surface area contributed by atoms with Gasteiger partial charge in [-0.25, -0.2) is 9.97 Å². The van der Waals surface area contributed by atoms with Gasteiger partial charge in [0.1, 0.15) is 15.9 Å². The molecule has 2 aromatic heterocycles. The fraction of sp³-hybridized carbons (Fsp3) is 0. The topological polar surface area (TPSA) is 25.8 Å². The predicted molar refractivity (Wildman–Crippen MR) is 77.9 cm³/mol. The molecule has 18 heavy (non-hydrogen) atoms. The van der Waals surface area contributed by atoms with Crippen LogP contribution < -0.4 is 0 Å². The van der Waals surface area contributed by atoms with E-state index in [0.29, 0.717) is 10.7 Å². The van der Waals surface area contributed by atoms with Crippen LogP contribution in [0.25, 0.3) is 20.9 Å². The summed E-state index contributed by atoms with van der Waals surface area (Å²) in [6, 6.07) is 9.55. The number of nitrogens with zero attached hydrogens (tertiary/aromatic N) is 2. The van der Waals surface area contributed by atoms with Crippen LogP contribution in [-0.2, 0) is 0 Å². The van der Waals surface area contributed by atoms with E-state index in [2.05, 4.69) is 9.97 Å². The quantitative estimate of drug-likeness (QED) is 0.568. The predicted octanol–water partition coefficient (Wildman–Crippen LogP) is 5.32. The molecule has 0 bridgehead atoms. The van der Waals surface area contributed by atoms with Gasteiger partial charge in [0, 0.05) is 0 Å². The van der Waals surface area contributed by atoms with Gasteiger partial charge in [-0.2, -0.15) is 0 Å². The molecule has 6 heteroatoms. The van der Waals surface area contributed by atoms with Gasteiger partial charge in [0.2, 0.25) is 0 Å². The minimum atomic E-state index is 0.193. The highest BCUT2D eigenvalue weighted by atomic mass is 35.5. The second kappa shape index (κ2) is 4.67. The second-order valence-electron chi connectivity index (χ2n) is 3.58. The molecule has 0 amide bonds. The average Bonchev–Trinajstić information content (AvgIpc) is 2.79. The van der Waals surface area contributed by atoms with Gasteiger partial charge in [-0.3, -0.25) is 0 Å². The van der Waals surface area contributed by atoms with Crippen LogP contribution in [-0.4, -0.2) is 9.97 Å². The zero-order chi connectivity index (χ0) is 12.7. The number of thiazole rings is 1. The van der Waals surface area contributed by atoms with E-state index in [1.54, 1.807) is 6.07 Å². The number of pyridine rings is 1. The normalized spacial score (nSPS) is 11.1. The van der Waals surface area contributed by atoms with Crippen molar-refractivity contribution in [1.82, 2.24) is 9.97 Å². The van der Waals surface area contributed by atoms with E-state index in [0.717, 1.165) is 15.2 Å². The van der Waals surface area contributed by atoms with E-state index < -0.39 is 0 Å². The van der Waals surface area contributed by atoms with Gasteiger partial charge in [0.15, 0.2) is 0 Å². The first-order valence-corrected chi connectivity index (χ1v) is 6.97. The van der Waals surface area contributed by atoms with Gasteiger partial charge in [0.05, 0.1) is 20.3 Å². The van der Waals surface area contributed by atoms with Crippen LogP contribution in [0.1, 0.15) is 0 Å². The maximum absolute atomic E-state index is 5.99. The summed E-state index contributed by atoms with van der Waals surface area (Å²) >= 11 is 19.3. The summed E-state index contributed by atoms with van der Waals surface area (Å²) in [7, 11) is 0. The molecule has 0 spiro atoms. The lowest BCUT2D eigenvalue weighted by Crippen LogP contribution is -1.85. The standard InChI is InChI=1S/C12H5Cl3N2S/c13-6-5-8(16-11(15)10(6)14)12-17-7-3-1-2-4-9(7)18-12/h1-5H. The lowest BCUT2D eigenvalue weighted by atomic mass is 10.3. The summed E-state index contributed by atoms with van der Waals surface area (Å²) in [5, 5.41) is 1.62. The van der Waals surface area contributed by atoms with Crippen molar-refractivity contribution in [3.63, 3.8) is 0 Å². The Bertz CT molecular complexity index is 683. The monoisotopic (exact) mass is 314 g/mol. The molecule has 1 aromatic carbocycles. The molecular formula is C12H5Cl3N2S. The molecule has 3 rings (SSSR count). The second-order valence-corrected chi connectivity index (χ2v) is 5.75. The molecule has 90 valence electrons. The van der Waals surface area contributed by atoms with Crippen molar-refractivity contribution in [2.24, 2.45) is 0 Å². The van der Waals surface area contributed by atoms with Crippen molar-refractivity contribution in [3.05, 3.63) is 45.5 Å². The molecular weight excluding hydrogens is 311 g/mol. The Morgan fingerprint density at radius 3 is 2.50 bits per heavy atom. The van der Waals surface area contributed by atoms with Crippen LogP contribution in [0.5, 0.6) is 0 Å². The van der Waals surface area contributed by atoms with E-state index in [1.807, 2.05) is 24.3 Å². The summed E-state index contributed by atoms with van der Waals surface area (Å²) in [5.41, 5.74) is 1.57. The first-order chi connectivity index (χ1) is 8.65. The number of rotatable bonds is 1. The molecule has 0 N–H and O–H groups in total. The summed E-state index contributed by atoms with van der Waals surface area (Å²) in [4.78, 5) is 8.69. The minimum Gasteiger partial charge on any atom is -0.234 e. The lowest BCUT2D eigenvalue weighted by Gasteiger charge is -2.01. The first-order valence-electron chi connectivity index (χ1n) is 5.02. The highest BCUT2D eigenvalue weighted by Gasteiger charge is 2.12. The maximum Gasteiger partial charge on any atom is 0.149 e. The molecule has 0 aliphatic heterocycles. The van der Waals surface area contributed by atoms with Gasteiger partial charge >= 0.3 is 0 Å². The van der Waals surface area contributed by atoms with Crippen molar-refractivity contribution >= 4 is 56.4 Å². The number of aromatic nitrogens is 2. The SMILES string of the molecule is Clc1cc(-c2nc3ccccc3s2)nc(Cl)c1Cl. The van der Waals surface area contributed by atoms with Crippen LogP contribution in [0.4, 0.5) is 0 Å². The van der Waals surface area contributed by atoms with Crippen LogP contribution in [0.15, 0.2) is 30.3 Å². The van der Waals surface area contributed by atoms with Gasteiger partial charge < -0.3 is 0 Å². The van der Waals surface area contributed by atoms with Crippen molar-refractivity contribution < 1.29 is 0 Å². The van der Waals surface area contributed by atoms with E-state index in [1.165, 1.54) is 11.3 Å². The molecule has 0 atom stereocenters. The van der Waals surface area contributed by atoms with Crippen LogP contribution >= 0.6 is 46.1 Å². The summed E-state index contributed by atoms with van der Waals surface area (Å²) in [6.07, 6.45) is 0. The van der Waals surface area contributed by atoms with E-state index in [-0.39, 0.29) is 10.2 Å². The first kappa shape index (κ1) is 12.2. The zero-order valence-electron chi connectivity index (χ0n) is 8.82. The van der Waals surface area contributed by atoms with Crippen LogP contribution in [0, 0.1) is 0 Å². The van der Waals surface area contributed by atoms with Crippen molar-refractivity contribution in [3.8, 4) is 10.7 Å². The largest absolute Gasteiger partial charge is 0.234 e. The summed E-state index contributed by atoms with van der Waals surface area (Å²) in [6.45, 7) is 0. The van der Waals surface area contributed by atoms with Crippen LogP contribution in [0.3, 0.4) is 0 Å². The minimum absolute atomic E-state index is 0.193. The van der Waals surface area contributed by atoms with Crippen LogP contribution in [0.2, 0.25) is 15.2 Å². The molecule has 3 aromatic rings. The number of para-hydroxylation sites is 1. The Balaban J connectivity index is 2.20. The van der Waals surface area contributed by atoms with Crippen molar-refractivity contribution in [1.29, 1.82) is 0 Å². The molecule has 0 saturated heterocycles. The molecule has 2 nitrogen and oxygen atoms in total. The molecule has 0 radical (unpaired) electrons. The molecule has 0 saturated carbocycles. The Kier molecular flexibility index (Phi) is 3.16. The Hall–Kier alpha value is -0.870. The zero-order valence-corrected chi connectivity index (χ0v) is 11.9. The highest BCUT2D eigenvalue weighted by molar-refractivity contribution is 7.21. The Labute approximate surface area is 122 Å². The van der Waals surface area contributed by atoms with E-state index in [9.17, 15) is 0 Å². The van der Waals surface area contributed by atoms with E-state index >= 15 is 0 Å². The van der Waals surface area contributed by atoms with Gasteiger partial charge in [0.25, 0.3) is 0 Å². The lowest BCUT2D eigenvalue weighted by molar-refractivity contribution is 1.31. The third-order valence-corrected chi connectivity index (χ3v) is 4.59. The van der Waals surface area contributed by atoms with Crippen molar-refractivity contribution in [2.45, 2.75) is 0 Å². The highest BCUT2D eigenvalue weighted by Crippen LogP contribution is 2.35. The number of halogens is 3. The third-order valence-electron chi connectivity index (χ3n) is 2.39. The Morgan fingerprint density at radius 2 is 1.78 bits per heavy atom. The molecule has 0 aliphatic carbocycles. The van der Waals surface area contributed by atoms with Gasteiger partial charge in [-0.1, -0.05) is 46.9 Å². The van der Waals surface area contributed by atoms with Crippen molar-refractivity contribution in [2.75, 3.05) is 0 Å². The third kappa shape index (κ3) is 2.08. The molecule has 2 heterocycles. The number of fused-ring (bicyclic) bond motifs is 1. The molecule has 0 aliphatic rings. The Morgan fingerprint density at radius 1 is 1.00 bits per heavy atom. The maximum atomic E-state index is 5.99.